The van der Waals surface area contributed by atoms with Crippen molar-refractivity contribution < 1.29 is 24.2 Å². The van der Waals surface area contributed by atoms with Crippen LogP contribution in [0.2, 0.25) is 0 Å². The molecule has 34 heavy (non-hydrogen) atoms. The van der Waals surface area contributed by atoms with Crippen molar-refractivity contribution in [2.45, 2.75) is 30.8 Å². The Bertz CT molecular complexity index is 1250. The third kappa shape index (κ3) is 3.79. The molecule has 9 nitrogen and oxygen atoms in total. The number of benzene rings is 2. The lowest BCUT2D eigenvalue weighted by Crippen LogP contribution is -2.43. The van der Waals surface area contributed by atoms with Gasteiger partial charge in [-0.15, -0.1) is 0 Å². The van der Waals surface area contributed by atoms with Crippen LogP contribution < -0.4 is 10.6 Å². The maximum absolute atomic E-state index is 12.6. The van der Waals surface area contributed by atoms with Crippen molar-refractivity contribution in [1.29, 1.82) is 0 Å². The molecule has 2 aliphatic rings. The van der Waals surface area contributed by atoms with E-state index >= 15 is 0 Å². The number of aryl methyl sites for hydroxylation is 1. The zero-order valence-corrected chi connectivity index (χ0v) is 18.6. The molecule has 0 atom stereocenters. The third-order valence-electron chi connectivity index (χ3n) is 6.56. The second-order valence-electron chi connectivity index (χ2n) is 8.65. The van der Waals surface area contributed by atoms with Crippen LogP contribution in [-0.2, 0) is 23.1 Å². The number of hydrogen-bond acceptors (Lipinski definition) is 5. The molecule has 2 aromatic carbocycles. The molecule has 5 rings (SSSR count). The summed E-state index contributed by atoms with van der Waals surface area (Å²) >= 11 is 0. The number of hydrogen-bond donors (Lipinski definition) is 3. The molecule has 0 unspecified atom stereocenters. The molecule has 2 aliphatic carbocycles. The van der Waals surface area contributed by atoms with Gasteiger partial charge in [-0.1, -0.05) is 48.5 Å². The van der Waals surface area contributed by atoms with E-state index in [0.717, 1.165) is 22.3 Å². The Morgan fingerprint density at radius 1 is 1.09 bits per heavy atom. The highest BCUT2D eigenvalue weighted by Gasteiger charge is 2.52. The average Bonchev–Trinajstić information content (AvgIpc) is 3.42. The van der Waals surface area contributed by atoms with Crippen molar-refractivity contribution in [3.05, 3.63) is 77.1 Å². The summed E-state index contributed by atoms with van der Waals surface area (Å²) in [6, 6.07) is 16.2. The minimum Gasteiger partial charge on any atom is -0.480 e. The van der Waals surface area contributed by atoms with Crippen LogP contribution in [0.3, 0.4) is 0 Å². The van der Waals surface area contributed by atoms with Gasteiger partial charge in [-0.05, 0) is 35.1 Å². The largest absolute Gasteiger partial charge is 0.480 e. The maximum atomic E-state index is 12.6. The number of carbonyl (C=O) groups is 3. The standard InChI is InChI=1S/C25H24N4O5/c1-29-21(19(12-27-29)22(30)28-25(10-11-25)23(31)32)13-26-24(33)34-14-20-17-8-4-2-6-15(17)16-7-3-5-9-18(16)20/h2-9,12,20H,10-11,13-14H2,1H3,(H,26,33)(H,28,30)(H,31,32). The van der Waals surface area contributed by atoms with Crippen LogP contribution in [-0.4, -0.2) is 45.0 Å². The molecule has 1 aromatic heterocycles. The zero-order chi connectivity index (χ0) is 23.9. The zero-order valence-electron chi connectivity index (χ0n) is 18.6. The molecule has 174 valence electrons. The van der Waals surface area contributed by atoms with Crippen LogP contribution in [0.1, 0.15) is 45.9 Å². The van der Waals surface area contributed by atoms with Gasteiger partial charge >= 0.3 is 12.1 Å². The molecule has 0 saturated heterocycles. The van der Waals surface area contributed by atoms with E-state index in [1.807, 2.05) is 36.4 Å². The van der Waals surface area contributed by atoms with Crippen LogP contribution >= 0.6 is 0 Å². The van der Waals surface area contributed by atoms with Gasteiger partial charge in [0.25, 0.3) is 5.91 Å². The van der Waals surface area contributed by atoms with E-state index in [-0.39, 0.29) is 24.6 Å². The van der Waals surface area contributed by atoms with Gasteiger partial charge in [-0.25, -0.2) is 9.59 Å². The number of nitrogens with one attached hydrogen (secondary N) is 2. The fourth-order valence-electron chi connectivity index (χ4n) is 4.47. The van der Waals surface area contributed by atoms with E-state index in [2.05, 4.69) is 27.9 Å². The molecule has 1 fully saturated rings. The van der Waals surface area contributed by atoms with Gasteiger partial charge in [0, 0.05) is 13.0 Å². The van der Waals surface area contributed by atoms with E-state index < -0.39 is 23.5 Å². The Balaban J connectivity index is 1.22. The molecule has 0 radical (unpaired) electrons. The summed E-state index contributed by atoms with van der Waals surface area (Å²) in [5, 5.41) is 18.6. The van der Waals surface area contributed by atoms with Crippen LogP contribution in [0.15, 0.2) is 54.7 Å². The molecule has 9 heteroatoms. The van der Waals surface area contributed by atoms with Crippen LogP contribution in [0.25, 0.3) is 11.1 Å². The predicted octanol–water partition coefficient (Wildman–Crippen LogP) is 2.81. The minimum atomic E-state index is -1.20. The summed E-state index contributed by atoms with van der Waals surface area (Å²) in [4.78, 5) is 36.5. The minimum absolute atomic E-state index is 0.00992. The van der Waals surface area contributed by atoms with Crippen molar-refractivity contribution in [3.63, 3.8) is 0 Å². The van der Waals surface area contributed by atoms with Crippen LogP contribution in [0, 0.1) is 0 Å². The number of carboxylic acid groups (broad SMARTS) is 1. The Morgan fingerprint density at radius 3 is 2.29 bits per heavy atom. The van der Waals surface area contributed by atoms with Crippen molar-refractivity contribution in [3.8, 4) is 11.1 Å². The molecule has 0 aliphatic heterocycles. The van der Waals surface area contributed by atoms with Gasteiger partial charge < -0.3 is 20.5 Å². The number of ether oxygens (including phenoxy) is 1. The second kappa shape index (κ2) is 8.33. The molecule has 0 bridgehead atoms. The Morgan fingerprint density at radius 2 is 1.71 bits per heavy atom. The number of rotatable bonds is 7. The number of carboxylic acids is 1. The van der Waals surface area contributed by atoms with Crippen molar-refractivity contribution in [2.75, 3.05) is 6.61 Å². The van der Waals surface area contributed by atoms with Gasteiger partial charge in [0.2, 0.25) is 0 Å². The lowest BCUT2D eigenvalue weighted by molar-refractivity contribution is -0.140. The molecule has 3 N–H and O–H groups in total. The first-order chi connectivity index (χ1) is 16.4. The van der Waals surface area contributed by atoms with Crippen LogP contribution in [0.5, 0.6) is 0 Å². The first-order valence-corrected chi connectivity index (χ1v) is 11.1. The summed E-state index contributed by atoms with van der Waals surface area (Å²) < 4.78 is 7.01. The topological polar surface area (TPSA) is 123 Å². The molecule has 2 amide bonds. The average molecular weight is 460 g/mol. The van der Waals surface area contributed by atoms with Crippen molar-refractivity contribution in [2.24, 2.45) is 7.05 Å². The summed E-state index contributed by atoms with van der Waals surface area (Å²) in [7, 11) is 1.65. The smallest absolute Gasteiger partial charge is 0.407 e. The Labute approximate surface area is 195 Å². The number of carbonyl (C=O) groups excluding carboxylic acids is 2. The number of nitrogens with zero attached hydrogens (tertiary/aromatic N) is 2. The fourth-order valence-corrected chi connectivity index (χ4v) is 4.47. The Kier molecular flexibility index (Phi) is 5.31. The van der Waals surface area contributed by atoms with E-state index in [0.29, 0.717) is 18.5 Å². The number of amides is 2. The lowest BCUT2D eigenvalue weighted by atomic mass is 9.98. The number of aliphatic carboxylic acids is 1. The molecular formula is C25H24N4O5. The van der Waals surface area contributed by atoms with E-state index in [1.165, 1.54) is 10.9 Å². The quantitative estimate of drug-likeness (QED) is 0.498. The maximum Gasteiger partial charge on any atom is 0.407 e. The monoisotopic (exact) mass is 460 g/mol. The molecule has 1 heterocycles. The van der Waals surface area contributed by atoms with Gasteiger partial charge in [-0.3, -0.25) is 9.48 Å². The number of aromatic nitrogens is 2. The SMILES string of the molecule is Cn1ncc(C(=O)NC2(C(=O)O)CC2)c1CNC(=O)OCC1c2ccccc2-c2ccccc21. The number of fused-ring (bicyclic) bond motifs is 3. The highest BCUT2D eigenvalue weighted by atomic mass is 16.5. The van der Waals surface area contributed by atoms with E-state index in [1.54, 1.807) is 7.05 Å². The Hall–Kier alpha value is -4.14. The second-order valence-corrected chi connectivity index (χ2v) is 8.65. The molecule has 0 spiro atoms. The molecule has 3 aromatic rings. The van der Waals surface area contributed by atoms with E-state index in [4.69, 9.17) is 4.74 Å². The summed E-state index contributed by atoms with van der Waals surface area (Å²) in [5.41, 5.74) is 4.00. The first-order valence-electron chi connectivity index (χ1n) is 11.1. The number of alkyl carbamates (subject to hydrolysis) is 1. The fraction of sp³-hybridized carbons (Fsp3) is 0.280. The normalized spacial score (nSPS) is 15.2. The highest BCUT2D eigenvalue weighted by Crippen LogP contribution is 2.44. The van der Waals surface area contributed by atoms with Gasteiger partial charge in [-0.2, -0.15) is 5.10 Å². The van der Waals surface area contributed by atoms with Gasteiger partial charge in [0.05, 0.1) is 24.0 Å². The van der Waals surface area contributed by atoms with E-state index in [9.17, 15) is 19.5 Å². The predicted molar refractivity (Wildman–Crippen MR) is 122 cm³/mol. The first kappa shape index (κ1) is 21.7. The van der Waals surface area contributed by atoms with Gasteiger partial charge in [0.15, 0.2) is 0 Å². The molecular weight excluding hydrogens is 436 g/mol. The lowest BCUT2D eigenvalue weighted by Gasteiger charge is -2.15. The summed E-state index contributed by atoms with van der Waals surface area (Å²) in [5.74, 6) is -1.64. The summed E-state index contributed by atoms with van der Waals surface area (Å²) in [6.07, 6.45) is 1.53. The van der Waals surface area contributed by atoms with Gasteiger partial charge in [0.1, 0.15) is 12.1 Å². The molecule has 1 saturated carbocycles. The highest BCUT2D eigenvalue weighted by molar-refractivity contribution is 5.99. The van der Waals surface area contributed by atoms with Crippen molar-refractivity contribution >= 4 is 18.0 Å². The summed E-state index contributed by atoms with van der Waals surface area (Å²) in [6.45, 7) is 0.190. The third-order valence-corrected chi connectivity index (χ3v) is 6.56. The van der Waals surface area contributed by atoms with Crippen molar-refractivity contribution in [1.82, 2.24) is 20.4 Å². The van der Waals surface area contributed by atoms with Crippen LogP contribution in [0.4, 0.5) is 4.79 Å².